The molecule has 1 amide bonds. The van der Waals surface area contributed by atoms with Crippen LogP contribution in [0.3, 0.4) is 0 Å². The highest BCUT2D eigenvalue weighted by Gasteiger charge is 2.20. The van der Waals surface area contributed by atoms with Gasteiger partial charge in [-0.1, -0.05) is 309 Å². The van der Waals surface area contributed by atoms with Gasteiger partial charge in [-0.15, -0.1) is 0 Å². The van der Waals surface area contributed by atoms with Crippen molar-refractivity contribution in [3.63, 3.8) is 0 Å². The molecule has 0 saturated carbocycles. The van der Waals surface area contributed by atoms with Gasteiger partial charge >= 0.3 is 5.97 Å². The van der Waals surface area contributed by atoms with Gasteiger partial charge in [0.25, 0.3) is 0 Å². The molecule has 0 aromatic carbocycles. The summed E-state index contributed by atoms with van der Waals surface area (Å²) in [4.78, 5) is 24.6. The zero-order chi connectivity index (χ0) is 50.7. The van der Waals surface area contributed by atoms with Gasteiger partial charge < -0.3 is 20.3 Å². The molecule has 0 aromatic rings. The van der Waals surface area contributed by atoms with Crippen LogP contribution >= 0.6 is 0 Å². The average Bonchev–Trinajstić information content (AvgIpc) is 3.36. The van der Waals surface area contributed by atoms with E-state index in [2.05, 4.69) is 31.3 Å². The monoisotopic (exact) mass is 988 g/mol. The van der Waals surface area contributed by atoms with Crippen molar-refractivity contribution >= 4 is 11.9 Å². The van der Waals surface area contributed by atoms with Crippen LogP contribution in [0.1, 0.15) is 361 Å². The minimum absolute atomic E-state index is 0.000127. The summed E-state index contributed by atoms with van der Waals surface area (Å²) in [5.74, 6) is -0.0351. The second kappa shape index (κ2) is 60.2. The molecule has 0 aliphatic carbocycles. The fourth-order valence-corrected chi connectivity index (χ4v) is 10.2. The Kier molecular flexibility index (Phi) is 59.0. The first-order valence-corrected chi connectivity index (χ1v) is 31.9. The highest BCUT2D eigenvalue weighted by Crippen LogP contribution is 2.18. The first-order valence-electron chi connectivity index (χ1n) is 31.9. The van der Waals surface area contributed by atoms with Crippen LogP contribution in [0.25, 0.3) is 0 Å². The quantitative estimate of drug-likeness (QED) is 0.0321. The molecular weight excluding hydrogens is 863 g/mol. The summed E-state index contributed by atoms with van der Waals surface area (Å²) in [5, 5.41) is 23.4. The van der Waals surface area contributed by atoms with E-state index in [0.29, 0.717) is 25.9 Å². The number of hydrogen-bond acceptors (Lipinski definition) is 5. The van der Waals surface area contributed by atoms with E-state index in [1.807, 2.05) is 0 Å². The van der Waals surface area contributed by atoms with Gasteiger partial charge in [0.05, 0.1) is 25.4 Å². The lowest BCUT2D eigenvalue weighted by Crippen LogP contribution is -2.45. The molecule has 0 saturated heterocycles. The normalized spacial score (nSPS) is 12.6. The third kappa shape index (κ3) is 55.9. The van der Waals surface area contributed by atoms with Gasteiger partial charge in [-0.25, -0.2) is 0 Å². The van der Waals surface area contributed by atoms with Crippen molar-refractivity contribution in [1.29, 1.82) is 0 Å². The molecule has 0 aliphatic rings. The highest BCUT2D eigenvalue weighted by atomic mass is 16.5. The largest absolute Gasteiger partial charge is 0.466 e. The van der Waals surface area contributed by atoms with Crippen molar-refractivity contribution in [2.45, 2.75) is 373 Å². The van der Waals surface area contributed by atoms with E-state index < -0.39 is 12.1 Å². The van der Waals surface area contributed by atoms with Gasteiger partial charge in [-0.05, 0) is 51.4 Å². The summed E-state index contributed by atoms with van der Waals surface area (Å²) in [6.07, 6.45) is 72.2. The average molecular weight is 989 g/mol. The molecule has 0 bridgehead atoms. The van der Waals surface area contributed by atoms with Crippen LogP contribution in [-0.4, -0.2) is 47.4 Å². The maximum Gasteiger partial charge on any atom is 0.305 e. The lowest BCUT2D eigenvalue weighted by Gasteiger charge is -2.22. The van der Waals surface area contributed by atoms with Crippen LogP contribution in [0.4, 0.5) is 0 Å². The van der Waals surface area contributed by atoms with Crippen molar-refractivity contribution in [1.82, 2.24) is 5.32 Å². The lowest BCUT2D eigenvalue weighted by molar-refractivity contribution is -0.143. The van der Waals surface area contributed by atoms with E-state index in [4.69, 9.17) is 4.74 Å². The lowest BCUT2D eigenvalue weighted by atomic mass is 10.0. The number of hydrogen-bond donors (Lipinski definition) is 3. The zero-order valence-electron chi connectivity index (χ0n) is 47.5. The van der Waals surface area contributed by atoms with Gasteiger partial charge in [0.1, 0.15) is 0 Å². The molecule has 0 fully saturated rings. The fraction of sp³-hybridized carbons (Fsp3) is 0.938. The predicted molar refractivity (Wildman–Crippen MR) is 306 cm³/mol. The summed E-state index contributed by atoms with van der Waals surface area (Å²) in [6.45, 7) is 4.96. The minimum atomic E-state index is -0.668. The van der Waals surface area contributed by atoms with E-state index in [0.717, 1.165) is 44.9 Å². The maximum atomic E-state index is 12.5. The van der Waals surface area contributed by atoms with Crippen molar-refractivity contribution in [2.24, 2.45) is 0 Å². The number of carbonyl (C=O) groups is 2. The topological polar surface area (TPSA) is 95.9 Å². The molecule has 0 heterocycles. The second-order valence-electron chi connectivity index (χ2n) is 22.1. The first kappa shape index (κ1) is 68.6. The van der Waals surface area contributed by atoms with Crippen LogP contribution in [0.15, 0.2) is 12.2 Å². The summed E-state index contributed by atoms with van der Waals surface area (Å²) in [7, 11) is 0. The Balaban J connectivity index is 3.40. The van der Waals surface area contributed by atoms with Gasteiger partial charge in [-0.3, -0.25) is 9.59 Å². The zero-order valence-corrected chi connectivity index (χ0v) is 47.5. The molecule has 0 aromatic heterocycles. The van der Waals surface area contributed by atoms with E-state index >= 15 is 0 Å². The molecule has 416 valence electrons. The summed E-state index contributed by atoms with van der Waals surface area (Å²) in [5.41, 5.74) is 0. The van der Waals surface area contributed by atoms with E-state index in [9.17, 15) is 19.8 Å². The summed E-state index contributed by atoms with van der Waals surface area (Å²) >= 11 is 0. The van der Waals surface area contributed by atoms with Gasteiger partial charge in [0.15, 0.2) is 0 Å². The number of allylic oxidation sites excluding steroid dienone is 2. The third-order valence-electron chi connectivity index (χ3n) is 15.1. The van der Waals surface area contributed by atoms with Crippen LogP contribution < -0.4 is 5.32 Å². The number of aliphatic hydroxyl groups is 2. The Bertz CT molecular complexity index is 1050. The van der Waals surface area contributed by atoms with Crippen molar-refractivity contribution in [2.75, 3.05) is 13.2 Å². The smallest absolute Gasteiger partial charge is 0.305 e. The predicted octanol–water partition coefficient (Wildman–Crippen LogP) is 20.0. The second-order valence-corrected chi connectivity index (χ2v) is 22.1. The molecule has 6 heteroatoms. The molecule has 0 rings (SSSR count). The minimum Gasteiger partial charge on any atom is -0.466 e. The van der Waals surface area contributed by atoms with Crippen molar-refractivity contribution < 1.29 is 24.5 Å². The van der Waals surface area contributed by atoms with Gasteiger partial charge in [0.2, 0.25) is 5.91 Å². The van der Waals surface area contributed by atoms with E-state index in [1.165, 1.54) is 283 Å². The molecule has 0 spiro atoms. The molecule has 0 aliphatic heterocycles. The van der Waals surface area contributed by atoms with Crippen LogP contribution in [0, 0.1) is 0 Å². The number of rotatable bonds is 60. The fourth-order valence-electron chi connectivity index (χ4n) is 10.2. The number of nitrogens with one attached hydrogen (secondary N) is 1. The number of aliphatic hydroxyl groups excluding tert-OH is 2. The van der Waals surface area contributed by atoms with Gasteiger partial charge in [0, 0.05) is 12.8 Å². The highest BCUT2D eigenvalue weighted by molar-refractivity contribution is 5.76. The number of carbonyl (C=O) groups excluding carboxylic acids is 2. The number of amides is 1. The van der Waals surface area contributed by atoms with E-state index in [-0.39, 0.29) is 18.5 Å². The van der Waals surface area contributed by atoms with Crippen LogP contribution in [0.2, 0.25) is 0 Å². The molecule has 2 atom stereocenters. The molecule has 3 N–H and O–H groups in total. The Labute approximate surface area is 438 Å². The summed E-state index contributed by atoms with van der Waals surface area (Å²) < 4.78 is 5.48. The Morgan fingerprint density at radius 3 is 1.01 bits per heavy atom. The first-order chi connectivity index (χ1) is 34.5. The number of ether oxygens (including phenoxy) is 1. The van der Waals surface area contributed by atoms with E-state index in [1.54, 1.807) is 0 Å². The summed E-state index contributed by atoms with van der Waals surface area (Å²) in [6, 6.07) is -0.545. The number of esters is 1. The maximum absolute atomic E-state index is 12.5. The SMILES string of the molecule is CCCCCCC/C=C\CCCCCCCC(=O)OCCCCCCCCCCCCCCCCCCCCC(=O)NC(CO)C(O)CCCCCCCCCCCCCCCCCCCCCCC. The Morgan fingerprint density at radius 1 is 0.386 bits per heavy atom. The standard InChI is InChI=1S/C64H125NO5/c1-3-5-7-9-11-13-15-17-19-20-21-22-23-26-29-32-36-40-44-48-52-56-62(67)61(60-66)65-63(68)57-53-49-45-41-37-33-30-27-24-25-28-31-35-39-43-47-51-55-59-70-64(69)58-54-50-46-42-38-34-18-16-14-12-10-8-6-4-2/h16,18,61-62,66-67H,3-15,17,19-60H2,1-2H3,(H,65,68)/b18-16-. The molecule has 70 heavy (non-hydrogen) atoms. The van der Waals surface area contributed by atoms with Gasteiger partial charge in [-0.2, -0.15) is 0 Å². The van der Waals surface area contributed by atoms with Crippen molar-refractivity contribution in [3.8, 4) is 0 Å². The van der Waals surface area contributed by atoms with Crippen LogP contribution in [0.5, 0.6) is 0 Å². The Morgan fingerprint density at radius 2 is 0.671 bits per heavy atom. The number of unbranched alkanes of at least 4 members (excludes halogenated alkanes) is 47. The third-order valence-corrected chi connectivity index (χ3v) is 15.1. The molecule has 2 unspecified atom stereocenters. The Hall–Kier alpha value is -1.40. The van der Waals surface area contributed by atoms with Crippen LogP contribution in [-0.2, 0) is 14.3 Å². The molecule has 6 nitrogen and oxygen atoms in total. The molecular formula is C64H125NO5. The van der Waals surface area contributed by atoms with Crippen molar-refractivity contribution in [3.05, 3.63) is 12.2 Å². The molecule has 0 radical (unpaired) electrons.